The summed E-state index contributed by atoms with van der Waals surface area (Å²) in [6.07, 6.45) is 2.87. The molecule has 5 nitrogen and oxygen atoms in total. The van der Waals surface area contributed by atoms with E-state index in [0.29, 0.717) is 12.8 Å². The van der Waals surface area contributed by atoms with Gasteiger partial charge in [-0.05, 0) is 25.7 Å². The molecule has 1 rings (SSSR count). The lowest BCUT2D eigenvalue weighted by molar-refractivity contribution is -0.769. The zero-order valence-corrected chi connectivity index (χ0v) is 6.23. The van der Waals surface area contributed by atoms with E-state index in [1.165, 1.54) is 0 Å². The molecular weight excluding hydrogens is 148 g/mol. The van der Waals surface area contributed by atoms with E-state index in [4.69, 9.17) is 5.73 Å². The van der Waals surface area contributed by atoms with Crippen LogP contribution in [-0.4, -0.2) is 17.2 Å². The lowest BCUT2D eigenvalue weighted by Crippen LogP contribution is -2.31. The minimum Gasteiger partial charge on any atom is -0.328 e. The number of hydrogen-bond donors (Lipinski definition) is 1. The summed E-state index contributed by atoms with van der Waals surface area (Å²) >= 11 is 0. The maximum atomic E-state index is 9.90. The van der Waals surface area contributed by atoms with Gasteiger partial charge in [-0.3, -0.25) is 0 Å². The molecule has 0 aromatic rings. The Labute approximate surface area is 64.6 Å². The van der Waals surface area contributed by atoms with Crippen LogP contribution in [0.15, 0.2) is 0 Å². The lowest BCUT2D eigenvalue weighted by Gasteiger charge is -2.23. The van der Waals surface area contributed by atoms with Gasteiger partial charge >= 0.3 is 0 Å². The van der Waals surface area contributed by atoms with E-state index in [2.05, 4.69) is 4.84 Å². The Kier molecular flexibility index (Phi) is 2.64. The van der Waals surface area contributed by atoms with Crippen LogP contribution in [0.4, 0.5) is 0 Å². The van der Waals surface area contributed by atoms with Crippen LogP contribution in [0.2, 0.25) is 0 Å². The molecule has 64 valence electrons. The predicted molar refractivity (Wildman–Crippen MR) is 38.3 cm³/mol. The quantitative estimate of drug-likeness (QED) is 0.470. The molecule has 0 aromatic heterocycles. The maximum Gasteiger partial charge on any atom is 0.294 e. The molecule has 0 heterocycles. The second-order valence-electron chi connectivity index (χ2n) is 2.87. The predicted octanol–water partition coefficient (Wildman–Crippen LogP) is 0.465. The average Bonchev–Trinajstić information content (AvgIpc) is 1.93. The molecule has 5 heteroatoms. The number of nitrogens with two attached hydrogens (primary N) is 1. The first kappa shape index (κ1) is 8.26. The van der Waals surface area contributed by atoms with Gasteiger partial charge < -0.3 is 10.6 Å². The molecule has 0 unspecified atom stereocenters. The van der Waals surface area contributed by atoms with Gasteiger partial charge in [0, 0.05) is 6.04 Å². The Morgan fingerprint density at radius 1 is 1.36 bits per heavy atom. The van der Waals surface area contributed by atoms with Gasteiger partial charge in [0.25, 0.3) is 5.09 Å². The Morgan fingerprint density at radius 3 is 2.36 bits per heavy atom. The van der Waals surface area contributed by atoms with Crippen LogP contribution in [0.25, 0.3) is 0 Å². The molecule has 1 aliphatic carbocycles. The monoisotopic (exact) mass is 160 g/mol. The molecule has 0 bridgehead atoms. The maximum absolute atomic E-state index is 9.90. The summed E-state index contributed by atoms with van der Waals surface area (Å²) in [5, 5.41) is 9.18. The fourth-order valence-corrected chi connectivity index (χ4v) is 1.32. The van der Waals surface area contributed by atoms with Gasteiger partial charge in [0.15, 0.2) is 0 Å². The molecule has 1 fully saturated rings. The van der Waals surface area contributed by atoms with Crippen molar-refractivity contribution < 1.29 is 9.92 Å². The van der Waals surface area contributed by atoms with Crippen molar-refractivity contribution in [2.75, 3.05) is 0 Å². The molecule has 1 saturated carbocycles. The van der Waals surface area contributed by atoms with Crippen LogP contribution in [0.1, 0.15) is 25.7 Å². The van der Waals surface area contributed by atoms with Gasteiger partial charge in [-0.15, -0.1) is 10.1 Å². The minimum atomic E-state index is -0.721. The van der Waals surface area contributed by atoms with Crippen molar-refractivity contribution in [2.24, 2.45) is 5.73 Å². The number of rotatable bonds is 2. The fraction of sp³-hybridized carbons (Fsp3) is 1.00. The van der Waals surface area contributed by atoms with Crippen molar-refractivity contribution in [3.05, 3.63) is 10.1 Å². The van der Waals surface area contributed by atoms with E-state index < -0.39 is 5.09 Å². The van der Waals surface area contributed by atoms with Crippen molar-refractivity contribution in [1.82, 2.24) is 0 Å². The van der Waals surface area contributed by atoms with Gasteiger partial charge in [-0.1, -0.05) is 0 Å². The van der Waals surface area contributed by atoms with E-state index >= 15 is 0 Å². The first-order valence-corrected chi connectivity index (χ1v) is 3.75. The third-order valence-corrected chi connectivity index (χ3v) is 1.95. The van der Waals surface area contributed by atoms with E-state index in [1.807, 2.05) is 0 Å². The molecule has 0 aliphatic heterocycles. The molecule has 1 aliphatic rings. The van der Waals surface area contributed by atoms with Crippen molar-refractivity contribution in [2.45, 2.75) is 37.8 Å². The highest BCUT2D eigenvalue weighted by Crippen LogP contribution is 2.19. The highest BCUT2D eigenvalue weighted by Gasteiger charge is 2.20. The third kappa shape index (κ3) is 2.71. The van der Waals surface area contributed by atoms with Gasteiger partial charge in [-0.2, -0.15) is 0 Å². The van der Waals surface area contributed by atoms with Gasteiger partial charge in [0.05, 0.1) is 0 Å². The molecule has 0 amide bonds. The summed E-state index contributed by atoms with van der Waals surface area (Å²) in [6, 6.07) is 0.210. The lowest BCUT2D eigenvalue weighted by atomic mass is 9.94. The zero-order chi connectivity index (χ0) is 8.27. The molecule has 0 spiro atoms. The van der Waals surface area contributed by atoms with Crippen LogP contribution >= 0.6 is 0 Å². The normalized spacial score (nSPS) is 31.4. The Morgan fingerprint density at radius 2 is 1.91 bits per heavy atom. The van der Waals surface area contributed by atoms with Gasteiger partial charge in [-0.25, -0.2) is 0 Å². The second kappa shape index (κ2) is 3.52. The largest absolute Gasteiger partial charge is 0.328 e. The molecule has 0 saturated heterocycles. The summed E-state index contributed by atoms with van der Waals surface area (Å²) < 4.78 is 0. The fourth-order valence-electron chi connectivity index (χ4n) is 1.32. The molecule has 0 radical (unpaired) electrons. The van der Waals surface area contributed by atoms with Crippen molar-refractivity contribution in [1.29, 1.82) is 0 Å². The first-order chi connectivity index (χ1) is 5.18. The smallest absolute Gasteiger partial charge is 0.294 e. The van der Waals surface area contributed by atoms with Gasteiger partial charge in [0.2, 0.25) is 0 Å². The Balaban J connectivity index is 2.22. The van der Waals surface area contributed by atoms with E-state index in [0.717, 1.165) is 12.8 Å². The van der Waals surface area contributed by atoms with E-state index in [-0.39, 0.29) is 12.1 Å². The van der Waals surface area contributed by atoms with Crippen LogP contribution in [0, 0.1) is 10.1 Å². The summed E-state index contributed by atoms with van der Waals surface area (Å²) in [7, 11) is 0. The highest BCUT2D eigenvalue weighted by atomic mass is 17.0. The minimum absolute atomic E-state index is 0.210. The SMILES string of the molecule is N[C@H]1CC[C@H](O[N+](=O)[O-])CC1. The van der Waals surface area contributed by atoms with E-state index in [9.17, 15) is 10.1 Å². The highest BCUT2D eigenvalue weighted by molar-refractivity contribution is 4.73. The van der Waals surface area contributed by atoms with Crippen LogP contribution in [0.5, 0.6) is 0 Å². The number of nitrogens with zero attached hydrogens (tertiary/aromatic N) is 1. The Bertz CT molecular complexity index is 143. The second-order valence-corrected chi connectivity index (χ2v) is 2.87. The zero-order valence-electron chi connectivity index (χ0n) is 6.23. The molecular formula is C6H12N2O3. The third-order valence-electron chi connectivity index (χ3n) is 1.95. The van der Waals surface area contributed by atoms with Crippen LogP contribution in [0.3, 0.4) is 0 Å². The molecule has 11 heavy (non-hydrogen) atoms. The van der Waals surface area contributed by atoms with Crippen LogP contribution in [-0.2, 0) is 4.84 Å². The van der Waals surface area contributed by atoms with E-state index in [1.54, 1.807) is 0 Å². The average molecular weight is 160 g/mol. The molecule has 0 atom stereocenters. The molecule has 0 aromatic carbocycles. The summed E-state index contributed by atoms with van der Waals surface area (Å²) in [6.45, 7) is 0. The first-order valence-electron chi connectivity index (χ1n) is 3.75. The van der Waals surface area contributed by atoms with Gasteiger partial charge in [0.1, 0.15) is 6.10 Å². The summed E-state index contributed by atoms with van der Waals surface area (Å²) in [5.41, 5.74) is 5.60. The van der Waals surface area contributed by atoms with Crippen molar-refractivity contribution in [3.63, 3.8) is 0 Å². The topological polar surface area (TPSA) is 78.4 Å². The standard InChI is InChI=1S/C6H12N2O3/c7-5-1-3-6(4-2-5)11-8(9)10/h5-6H,1-4,7H2/t5-,6-. The van der Waals surface area contributed by atoms with Crippen molar-refractivity contribution in [3.8, 4) is 0 Å². The number of hydrogen-bond acceptors (Lipinski definition) is 4. The summed E-state index contributed by atoms with van der Waals surface area (Å²) in [4.78, 5) is 14.3. The molecule has 2 N–H and O–H groups in total. The van der Waals surface area contributed by atoms with Crippen molar-refractivity contribution >= 4 is 0 Å². The Hall–Kier alpha value is -0.840. The van der Waals surface area contributed by atoms with Crippen LogP contribution < -0.4 is 5.73 Å². The summed E-state index contributed by atoms with van der Waals surface area (Å²) in [5.74, 6) is 0.